The standard InChI is InChI=1S/C12H13BrN4O2/c1-18-7-11-15-10(17-14)6-12(16-11)19-9-4-2-3-8(13)5-9/h2-6H,7,14H2,1H3,(H,15,16,17). The molecule has 7 heteroatoms. The van der Waals surface area contributed by atoms with Crippen molar-refractivity contribution in [3.8, 4) is 11.6 Å². The zero-order valence-electron chi connectivity index (χ0n) is 10.3. The number of ether oxygens (including phenoxy) is 2. The van der Waals surface area contributed by atoms with Gasteiger partial charge in [-0.25, -0.2) is 10.8 Å². The van der Waals surface area contributed by atoms with Crippen LogP contribution in [-0.2, 0) is 11.3 Å². The Morgan fingerprint density at radius 3 is 2.84 bits per heavy atom. The van der Waals surface area contributed by atoms with Crippen molar-refractivity contribution in [2.45, 2.75) is 6.61 Å². The summed E-state index contributed by atoms with van der Waals surface area (Å²) in [6.45, 7) is 0.282. The summed E-state index contributed by atoms with van der Waals surface area (Å²) in [6.07, 6.45) is 0. The first-order valence-electron chi connectivity index (χ1n) is 5.48. The van der Waals surface area contributed by atoms with Crippen molar-refractivity contribution < 1.29 is 9.47 Å². The highest BCUT2D eigenvalue weighted by molar-refractivity contribution is 9.10. The molecule has 0 aliphatic carbocycles. The largest absolute Gasteiger partial charge is 0.439 e. The van der Waals surface area contributed by atoms with Gasteiger partial charge in [-0.3, -0.25) is 0 Å². The van der Waals surface area contributed by atoms with Crippen LogP contribution in [0.3, 0.4) is 0 Å². The Morgan fingerprint density at radius 2 is 2.16 bits per heavy atom. The first-order chi connectivity index (χ1) is 9.21. The van der Waals surface area contributed by atoms with Crippen LogP contribution in [0.15, 0.2) is 34.8 Å². The van der Waals surface area contributed by atoms with Gasteiger partial charge in [0.05, 0.1) is 0 Å². The molecule has 3 N–H and O–H groups in total. The molecule has 6 nitrogen and oxygen atoms in total. The lowest BCUT2D eigenvalue weighted by Gasteiger charge is -2.08. The lowest BCUT2D eigenvalue weighted by molar-refractivity contribution is 0.177. The number of hydrazine groups is 1. The van der Waals surface area contributed by atoms with Crippen LogP contribution >= 0.6 is 15.9 Å². The van der Waals surface area contributed by atoms with E-state index in [0.717, 1.165) is 4.47 Å². The van der Waals surface area contributed by atoms with E-state index in [1.807, 2.05) is 24.3 Å². The number of nitrogens with two attached hydrogens (primary N) is 1. The van der Waals surface area contributed by atoms with Crippen molar-refractivity contribution >= 4 is 21.7 Å². The van der Waals surface area contributed by atoms with Gasteiger partial charge in [0.1, 0.15) is 18.2 Å². The van der Waals surface area contributed by atoms with Crippen molar-refractivity contribution in [2.75, 3.05) is 12.5 Å². The van der Waals surface area contributed by atoms with Gasteiger partial charge in [-0.2, -0.15) is 4.98 Å². The molecule has 0 aliphatic heterocycles. The lowest BCUT2D eigenvalue weighted by atomic mass is 10.3. The number of nitrogen functional groups attached to an aromatic ring is 1. The predicted molar refractivity (Wildman–Crippen MR) is 74.8 cm³/mol. The molecule has 1 aromatic carbocycles. The molecule has 1 aromatic heterocycles. The molecular weight excluding hydrogens is 312 g/mol. The fourth-order valence-corrected chi connectivity index (χ4v) is 1.82. The normalized spacial score (nSPS) is 10.3. The first-order valence-corrected chi connectivity index (χ1v) is 6.27. The molecular formula is C12H13BrN4O2. The van der Waals surface area contributed by atoms with Gasteiger partial charge >= 0.3 is 0 Å². The molecule has 0 aliphatic rings. The van der Waals surface area contributed by atoms with Crippen LogP contribution in [0.1, 0.15) is 5.82 Å². The molecule has 0 fully saturated rings. The van der Waals surface area contributed by atoms with Gasteiger partial charge in [-0.05, 0) is 18.2 Å². The number of halogens is 1. The third kappa shape index (κ3) is 3.88. The van der Waals surface area contributed by atoms with E-state index in [0.29, 0.717) is 23.3 Å². The average molecular weight is 325 g/mol. The molecule has 100 valence electrons. The minimum absolute atomic E-state index is 0.282. The van der Waals surface area contributed by atoms with Crippen molar-refractivity contribution in [3.63, 3.8) is 0 Å². The molecule has 0 spiro atoms. The van der Waals surface area contributed by atoms with Crippen LogP contribution in [0.5, 0.6) is 11.6 Å². The molecule has 19 heavy (non-hydrogen) atoms. The summed E-state index contributed by atoms with van der Waals surface area (Å²) in [6, 6.07) is 9.07. The Hall–Kier alpha value is -1.70. The highest BCUT2D eigenvalue weighted by Gasteiger charge is 2.06. The topological polar surface area (TPSA) is 82.3 Å². The maximum atomic E-state index is 5.66. The highest BCUT2D eigenvalue weighted by atomic mass is 79.9. The van der Waals surface area contributed by atoms with E-state index in [2.05, 4.69) is 31.3 Å². The van der Waals surface area contributed by atoms with Crippen LogP contribution < -0.4 is 16.0 Å². The lowest BCUT2D eigenvalue weighted by Crippen LogP contribution is -2.11. The Balaban J connectivity index is 2.26. The summed E-state index contributed by atoms with van der Waals surface area (Å²) < 4.78 is 11.6. The van der Waals surface area contributed by atoms with E-state index >= 15 is 0 Å². The number of nitrogens with one attached hydrogen (secondary N) is 1. The van der Waals surface area contributed by atoms with E-state index in [9.17, 15) is 0 Å². The Bertz CT molecular complexity index is 565. The molecule has 0 amide bonds. The maximum Gasteiger partial charge on any atom is 0.224 e. The SMILES string of the molecule is COCc1nc(NN)cc(Oc2cccc(Br)c2)n1. The third-order valence-electron chi connectivity index (χ3n) is 2.19. The summed E-state index contributed by atoms with van der Waals surface area (Å²) in [4.78, 5) is 8.37. The number of rotatable bonds is 5. The molecule has 0 radical (unpaired) electrons. The van der Waals surface area contributed by atoms with E-state index in [1.54, 1.807) is 13.2 Å². The molecule has 2 rings (SSSR count). The molecule has 0 atom stereocenters. The van der Waals surface area contributed by atoms with Gasteiger partial charge in [0, 0.05) is 17.6 Å². The van der Waals surface area contributed by atoms with Gasteiger partial charge in [0.15, 0.2) is 5.82 Å². The monoisotopic (exact) mass is 324 g/mol. The Kier molecular flexibility index (Phi) is 4.67. The van der Waals surface area contributed by atoms with E-state index in [4.69, 9.17) is 15.3 Å². The minimum Gasteiger partial charge on any atom is -0.439 e. The summed E-state index contributed by atoms with van der Waals surface area (Å²) >= 11 is 3.38. The molecule has 1 heterocycles. The molecule has 2 aromatic rings. The number of hydrogen-bond acceptors (Lipinski definition) is 6. The second-order valence-electron chi connectivity index (χ2n) is 3.64. The van der Waals surface area contributed by atoms with Crippen molar-refractivity contribution in [2.24, 2.45) is 5.84 Å². The van der Waals surface area contributed by atoms with E-state index in [1.165, 1.54) is 0 Å². The zero-order valence-corrected chi connectivity index (χ0v) is 11.8. The van der Waals surface area contributed by atoms with Crippen LogP contribution in [0.25, 0.3) is 0 Å². The first kappa shape index (κ1) is 13.7. The molecule has 0 saturated carbocycles. The number of hydrogen-bond donors (Lipinski definition) is 2. The molecule has 0 bridgehead atoms. The van der Waals surface area contributed by atoms with Crippen molar-refractivity contribution in [1.82, 2.24) is 9.97 Å². The van der Waals surface area contributed by atoms with Gasteiger partial charge < -0.3 is 14.9 Å². The summed E-state index contributed by atoms with van der Waals surface area (Å²) in [5.41, 5.74) is 2.47. The molecule has 0 unspecified atom stereocenters. The van der Waals surface area contributed by atoms with Crippen LogP contribution in [0.2, 0.25) is 0 Å². The minimum atomic E-state index is 0.282. The Labute approximate surface area is 119 Å². The van der Waals surface area contributed by atoms with Crippen LogP contribution in [0, 0.1) is 0 Å². The van der Waals surface area contributed by atoms with Crippen molar-refractivity contribution in [3.05, 3.63) is 40.6 Å². The quantitative estimate of drug-likeness (QED) is 0.649. The fraction of sp³-hybridized carbons (Fsp3) is 0.167. The average Bonchev–Trinajstić information content (AvgIpc) is 2.39. The van der Waals surface area contributed by atoms with Gasteiger partial charge in [0.2, 0.25) is 5.88 Å². The van der Waals surface area contributed by atoms with E-state index < -0.39 is 0 Å². The highest BCUT2D eigenvalue weighted by Crippen LogP contribution is 2.24. The predicted octanol–water partition coefficient (Wildman–Crippen LogP) is 2.46. The number of aromatic nitrogens is 2. The zero-order chi connectivity index (χ0) is 13.7. The molecule has 0 saturated heterocycles. The summed E-state index contributed by atoms with van der Waals surface area (Å²) in [5, 5.41) is 0. The summed E-state index contributed by atoms with van der Waals surface area (Å²) in [7, 11) is 1.57. The van der Waals surface area contributed by atoms with Gasteiger partial charge in [-0.15, -0.1) is 0 Å². The number of methoxy groups -OCH3 is 1. The van der Waals surface area contributed by atoms with Gasteiger partial charge in [0.25, 0.3) is 0 Å². The fourth-order valence-electron chi connectivity index (χ4n) is 1.44. The number of nitrogens with zero attached hydrogens (tertiary/aromatic N) is 2. The third-order valence-corrected chi connectivity index (χ3v) is 2.68. The van der Waals surface area contributed by atoms with Crippen LogP contribution in [-0.4, -0.2) is 17.1 Å². The number of anilines is 1. The van der Waals surface area contributed by atoms with E-state index in [-0.39, 0.29) is 6.61 Å². The number of benzene rings is 1. The second-order valence-corrected chi connectivity index (χ2v) is 4.56. The van der Waals surface area contributed by atoms with Crippen molar-refractivity contribution in [1.29, 1.82) is 0 Å². The van der Waals surface area contributed by atoms with Gasteiger partial charge in [-0.1, -0.05) is 22.0 Å². The Morgan fingerprint density at radius 1 is 1.32 bits per heavy atom. The van der Waals surface area contributed by atoms with Crippen LogP contribution in [0.4, 0.5) is 5.82 Å². The second kappa shape index (κ2) is 6.46. The smallest absolute Gasteiger partial charge is 0.224 e. The maximum absolute atomic E-state index is 5.66. The summed E-state index contributed by atoms with van der Waals surface area (Å²) in [5.74, 6) is 7.37.